The van der Waals surface area contributed by atoms with Crippen LogP contribution >= 0.6 is 0 Å². The Hall–Kier alpha value is -1.51. The first-order chi connectivity index (χ1) is 10.0. The number of halogens is 6. The normalized spacial score (nSPS) is 20.7. The van der Waals surface area contributed by atoms with E-state index in [4.69, 9.17) is 0 Å². The van der Waals surface area contributed by atoms with Crippen molar-refractivity contribution in [1.29, 1.82) is 0 Å². The van der Waals surface area contributed by atoms with Gasteiger partial charge < -0.3 is 4.74 Å². The Morgan fingerprint density at radius 3 is 1.74 bits per heavy atom. The zero-order chi connectivity index (χ0) is 18.4. The van der Waals surface area contributed by atoms with Gasteiger partial charge in [0, 0.05) is 12.5 Å². The number of rotatable bonds is 3. The van der Waals surface area contributed by atoms with E-state index in [1.54, 1.807) is 0 Å². The number of nitrogens with zero attached hydrogens (tertiary/aromatic N) is 1. The highest BCUT2D eigenvalue weighted by molar-refractivity contribution is 8.05. The molecule has 0 saturated carbocycles. The Labute approximate surface area is 125 Å². The van der Waals surface area contributed by atoms with Crippen LogP contribution in [0.2, 0.25) is 0 Å². The van der Waals surface area contributed by atoms with E-state index in [-0.39, 0.29) is 6.08 Å². The smallest absolute Gasteiger partial charge is 0.459 e. The van der Waals surface area contributed by atoms with E-state index in [0.29, 0.717) is 0 Å². The van der Waals surface area contributed by atoms with Crippen LogP contribution in [0.4, 0.5) is 26.3 Å². The zero-order valence-corrected chi connectivity index (χ0v) is 12.5. The maximum absolute atomic E-state index is 12.5. The van der Waals surface area contributed by atoms with Gasteiger partial charge in [0.1, 0.15) is 6.10 Å². The van der Waals surface area contributed by atoms with E-state index in [1.165, 1.54) is 0 Å². The molecule has 23 heavy (non-hydrogen) atoms. The number of hydrogen-bond donors (Lipinski definition) is 0. The van der Waals surface area contributed by atoms with E-state index >= 15 is 0 Å². The topological polar surface area (TPSA) is 97.8 Å². The average molecular weight is 391 g/mol. The fraction of sp³-hybridized carbons (Fsp3) is 0.625. The minimum Gasteiger partial charge on any atom is -0.459 e. The lowest BCUT2D eigenvalue weighted by atomic mass is 10.2. The molecule has 0 amide bonds. The van der Waals surface area contributed by atoms with E-state index in [2.05, 4.69) is 4.74 Å². The Morgan fingerprint density at radius 2 is 1.43 bits per heavy atom. The molecule has 134 valence electrons. The molecule has 0 N–H and O–H groups in total. The van der Waals surface area contributed by atoms with E-state index < -0.39 is 59.0 Å². The van der Waals surface area contributed by atoms with Crippen LogP contribution in [-0.2, 0) is 29.6 Å². The lowest BCUT2D eigenvalue weighted by Gasteiger charge is -2.30. The van der Waals surface area contributed by atoms with Gasteiger partial charge in [-0.2, -0.15) is 46.9 Å². The van der Waals surface area contributed by atoms with Crippen molar-refractivity contribution in [3.8, 4) is 0 Å². The summed E-state index contributed by atoms with van der Waals surface area (Å²) in [5.41, 5.74) is -14.2. The summed E-state index contributed by atoms with van der Waals surface area (Å²) >= 11 is 0. The van der Waals surface area contributed by atoms with Crippen LogP contribution in [0.3, 0.4) is 0 Å². The summed E-state index contributed by atoms with van der Waals surface area (Å²) in [6.45, 7) is 1.02. The Balaban J connectivity index is 3.69. The number of sulfonamides is 2. The molecule has 1 rings (SSSR count). The molecule has 1 aliphatic heterocycles. The monoisotopic (exact) mass is 391 g/mol. The highest BCUT2D eigenvalue weighted by Crippen LogP contribution is 2.39. The van der Waals surface area contributed by atoms with Gasteiger partial charge in [0.25, 0.3) is 0 Å². The second-order valence-electron chi connectivity index (χ2n) is 4.19. The van der Waals surface area contributed by atoms with Gasteiger partial charge in [-0.15, -0.1) is 0 Å². The maximum atomic E-state index is 12.5. The lowest BCUT2D eigenvalue weighted by Crippen LogP contribution is -2.49. The predicted molar refractivity (Wildman–Crippen MR) is 60.0 cm³/mol. The zero-order valence-electron chi connectivity index (χ0n) is 10.8. The summed E-state index contributed by atoms with van der Waals surface area (Å²) in [4.78, 5) is 11.1. The number of hydrogen-bond acceptors (Lipinski definition) is 6. The molecule has 0 fully saturated rings. The fourth-order valence-electron chi connectivity index (χ4n) is 1.52. The van der Waals surface area contributed by atoms with Crippen LogP contribution < -0.4 is 0 Å². The van der Waals surface area contributed by atoms with Gasteiger partial charge in [-0.3, -0.25) is 0 Å². The molecule has 7 nitrogen and oxygen atoms in total. The molecule has 0 aromatic heterocycles. The lowest BCUT2D eigenvalue weighted by molar-refractivity contribution is -0.143. The van der Waals surface area contributed by atoms with E-state index in [0.717, 1.165) is 6.92 Å². The second-order valence-corrected chi connectivity index (χ2v) is 7.97. The van der Waals surface area contributed by atoms with Crippen LogP contribution in [0.25, 0.3) is 0 Å². The molecule has 0 saturated heterocycles. The van der Waals surface area contributed by atoms with Crippen molar-refractivity contribution in [3.63, 3.8) is 0 Å². The first-order valence-corrected chi connectivity index (χ1v) is 8.24. The highest BCUT2D eigenvalue weighted by atomic mass is 32.3. The molecule has 1 unspecified atom stereocenters. The van der Waals surface area contributed by atoms with E-state index in [1.807, 2.05) is 0 Å². The molecule has 0 aromatic rings. The Kier molecular flexibility index (Phi) is 4.70. The van der Waals surface area contributed by atoms with Gasteiger partial charge in [0.2, 0.25) is 0 Å². The number of esters is 1. The minimum absolute atomic E-state index is 0.0629. The molecule has 15 heteroatoms. The van der Waals surface area contributed by atoms with Crippen molar-refractivity contribution >= 4 is 26.0 Å². The van der Waals surface area contributed by atoms with E-state index in [9.17, 15) is 48.0 Å². The molecule has 0 radical (unpaired) electrons. The largest absolute Gasteiger partial charge is 0.517 e. The fourth-order valence-corrected chi connectivity index (χ4v) is 4.31. The molecule has 1 atom stereocenters. The first kappa shape index (κ1) is 19.5. The summed E-state index contributed by atoms with van der Waals surface area (Å²) in [5, 5.41) is 0. The van der Waals surface area contributed by atoms with Crippen LogP contribution in [0.5, 0.6) is 0 Å². The van der Waals surface area contributed by atoms with Crippen LogP contribution in [0.15, 0.2) is 11.8 Å². The van der Waals surface area contributed by atoms with Crippen molar-refractivity contribution in [2.45, 2.75) is 30.5 Å². The molecule has 0 spiro atoms. The predicted octanol–water partition coefficient (Wildman–Crippen LogP) is 1.21. The van der Waals surface area contributed by atoms with Gasteiger partial charge in [-0.05, 0) is 6.92 Å². The van der Waals surface area contributed by atoms with Crippen molar-refractivity contribution in [2.24, 2.45) is 0 Å². The van der Waals surface area contributed by atoms with Crippen LogP contribution in [0.1, 0.15) is 13.3 Å². The van der Waals surface area contributed by atoms with Gasteiger partial charge in [-0.1, -0.05) is 0 Å². The SMILES string of the molecule is CC1CC(N(S(=O)(=O)C(F)(F)F)S(=O)(=O)C(F)(F)F)=CC(=O)O1. The average Bonchev–Trinajstić information content (AvgIpc) is 2.22. The first-order valence-electron chi connectivity index (χ1n) is 5.36. The molecule has 0 aromatic carbocycles. The molecule has 0 bridgehead atoms. The summed E-state index contributed by atoms with van der Waals surface area (Å²) in [5.74, 6) is -1.49. The highest BCUT2D eigenvalue weighted by Gasteiger charge is 2.62. The Morgan fingerprint density at radius 1 is 1.04 bits per heavy atom. The van der Waals surface area contributed by atoms with Gasteiger partial charge in [0.05, 0.1) is 5.70 Å². The summed E-state index contributed by atoms with van der Waals surface area (Å²) < 4.78 is 123. The van der Waals surface area contributed by atoms with Crippen LogP contribution in [-0.4, -0.2) is 43.6 Å². The van der Waals surface area contributed by atoms with Crippen LogP contribution in [0, 0.1) is 0 Å². The number of carbonyl (C=O) groups excluding carboxylic acids is 1. The number of carbonyl (C=O) groups is 1. The third kappa shape index (κ3) is 3.54. The number of alkyl halides is 6. The third-order valence-electron chi connectivity index (χ3n) is 2.35. The molecule has 0 aliphatic carbocycles. The summed E-state index contributed by atoms with van der Waals surface area (Å²) in [6, 6.07) is 0. The second kappa shape index (κ2) is 5.54. The standard InChI is InChI=1S/C8H7F6NO6S2/c1-4-2-5(3-6(16)21-4)15(22(17,18)7(9,10)11)23(19,20)8(12,13)14/h3-4H,2H2,1H3. The number of cyclic esters (lactones) is 1. The summed E-state index contributed by atoms with van der Waals surface area (Å²) in [6.07, 6.45) is -2.39. The molecule has 1 aliphatic rings. The van der Waals surface area contributed by atoms with Gasteiger partial charge >= 0.3 is 37.0 Å². The van der Waals surface area contributed by atoms with Crippen molar-refractivity contribution in [3.05, 3.63) is 11.8 Å². The molecular weight excluding hydrogens is 384 g/mol. The minimum atomic E-state index is -6.98. The maximum Gasteiger partial charge on any atom is 0.517 e. The van der Waals surface area contributed by atoms with Gasteiger partial charge in [-0.25, -0.2) is 4.79 Å². The van der Waals surface area contributed by atoms with Crippen molar-refractivity contribution in [2.75, 3.05) is 0 Å². The third-order valence-corrected chi connectivity index (χ3v) is 6.04. The van der Waals surface area contributed by atoms with Gasteiger partial charge in [0.15, 0.2) is 0 Å². The Bertz CT molecular complexity index is 690. The van der Waals surface area contributed by atoms with Crippen molar-refractivity contribution in [1.82, 2.24) is 3.71 Å². The summed E-state index contributed by atoms with van der Waals surface area (Å²) in [7, 11) is -14.0. The molecular formula is C8H7F6NO6S2. The quantitative estimate of drug-likeness (QED) is 0.530. The molecule has 1 heterocycles. The van der Waals surface area contributed by atoms with Crippen molar-refractivity contribution < 1.29 is 52.7 Å². The number of ether oxygens (including phenoxy) is 1.